The topological polar surface area (TPSA) is 269 Å². The molecule has 20 rings (SSSR count). The highest BCUT2D eigenvalue weighted by molar-refractivity contribution is 5.79. The van der Waals surface area contributed by atoms with Crippen LogP contribution >= 0.6 is 0 Å². The molecule has 20 heterocycles. The molecule has 10 unspecified atom stereocenters. The molecule has 22 heteroatoms. The highest BCUT2D eigenvalue weighted by Gasteiger charge is 2.71. The maximum Gasteiger partial charge on any atom is 0.172 e. The molecular weight excluding hydrogens is 1310 g/mol. The van der Waals surface area contributed by atoms with Crippen molar-refractivity contribution in [1.82, 2.24) is 0 Å². The predicted molar refractivity (Wildman–Crippen MR) is 367 cm³/mol. The van der Waals surface area contributed by atoms with Crippen LogP contribution in [0.15, 0.2) is 48.6 Å². The average molecular weight is 1430 g/mol. The monoisotopic (exact) mass is 1430 g/mol. The van der Waals surface area contributed by atoms with E-state index in [1.165, 1.54) is 0 Å². The Morgan fingerprint density at radius 1 is 0.402 bits per heavy atom. The Morgan fingerprint density at radius 2 is 0.794 bits per heavy atom. The lowest BCUT2D eigenvalue weighted by Gasteiger charge is -2.47. The van der Waals surface area contributed by atoms with Crippen molar-refractivity contribution in [2.45, 2.75) is 389 Å². The van der Waals surface area contributed by atoms with Gasteiger partial charge in [0.05, 0.1) is 129 Å². The molecule has 0 radical (unpaired) electrons. The van der Waals surface area contributed by atoms with Gasteiger partial charge in [-0.15, -0.1) is 0 Å². The molecular formula is C80H117NO21. The summed E-state index contributed by atoms with van der Waals surface area (Å²) in [5.41, 5.74) is 10.3. The van der Waals surface area contributed by atoms with E-state index in [1.54, 1.807) is 0 Å². The Labute approximate surface area is 602 Å². The van der Waals surface area contributed by atoms with Crippen LogP contribution in [-0.2, 0) is 85.4 Å². The summed E-state index contributed by atoms with van der Waals surface area (Å²) in [5, 5.41) is 30.5. The Kier molecular flexibility index (Phi) is 20.6. The van der Waals surface area contributed by atoms with Gasteiger partial charge in [0.15, 0.2) is 11.6 Å². The summed E-state index contributed by atoms with van der Waals surface area (Å²) in [6, 6.07) is 0. The van der Waals surface area contributed by atoms with Gasteiger partial charge in [-0.3, -0.25) is 9.59 Å². The minimum absolute atomic E-state index is 0.00127. The van der Waals surface area contributed by atoms with Gasteiger partial charge >= 0.3 is 0 Å². The van der Waals surface area contributed by atoms with Gasteiger partial charge in [0.2, 0.25) is 0 Å². The lowest BCUT2D eigenvalue weighted by atomic mass is 9.78. The molecule has 20 saturated heterocycles. The van der Waals surface area contributed by atoms with E-state index in [0.29, 0.717) is 88.9 Å². The fourth-order valence-corrected chi connectivity index (χ4v) is 22.5. The normalized spacial score (nSPS) is 53.2. The molecule has 0 aliphatic carbocycles. The number of ketones is 2. The van der Waals surface area contributed by atoms with Crippen LogP contribution in [0.4, 0.5) is 0 Å². The van der Waals surface area contributed by atoms with Gasteiger partial charge in [-0.2, -0.15) is 0 Å². The summed E-state index contributed by atoms with van der Waals surface area (Å²) in [6.07, 6.45) is 12.1. The number of ether oxygens (including phenoxy) is 16. The van der Waals surface area contributed by atoms with Crippen molar-refractivity contribution in [1.29, 1.82) is 0 Å². The number of fused-ring (bicyclic) bond motifs is 12. The van der Waals surface area contributed by atoms with Crippen molar-refractivity contribution in [2.24, 2.45) is 41.2 Å². The van der Waals surface area contributed by atoms with Crippen molar-refractivity contribution < 1.29 is 101 Å². The van der Waals surface area contributed by atoms with Crippen molar-refractivity contribution >= 4 is 11.6 Å². The number of carbonyl (C=O) groups excluding carboxylic acids is 2. The van der Waals surface area contributed by atoms with E-state index >= 15 is 0 Å². The van der Waals surface area contributed by atoms with Gasteiger partial charge in [-0.1, -0.05) is 54.0 Å². The summed E-state index contributed by atoms with van der Waals surface area (Å²) in [4.78, 5) is 28.0. The van der Waals surface area contributed by atoms with Gasteiger partial charge in [0, 0.05) is 83.6 Å². The number of aliphatic hydroxyl groups is 3. The Bertz CT molecular complexity index is 2920. The molecule has 22 nitrogen and oxygen atoms in total. The van der Waals surface area contributed by atoms with Crippen LogP contribution in [0.25, 0.3) is 0 Å². The zero-order chi connectivity index (χ0) is 70.4. The first-order valence-corrected chi connectivity index (χ1v) is 40.1. The Morgan fingerprint density at radius 3 is 1.24 bits per heavy atom. The molecule has 2 spiro atoms. The quantitative estimate of drug-likeness (QED) is 0.183. The van der Waals surface area contributed by atoms with Crippen LogP contribution in [0.1, 0.15) is 195 Å². The molecule has 20 fully saturated rings. The summed E-state index contributed by atoms with van der Waals surface area (Å²) >= 11 is 0. The first-order chi connectivity index (χ1) is 49.1. The second-order valence-corrected chi connectivity index (χ2v) is 35.1. The van der Waals surface area contributed by atoms with Crippen LogP contribution in [0.5, 0.6) is 0 Å². The van der Waals surface area contributed by atoms with Gasteiger partial charge in [-0.05, 0) is 148 Å². The van der Waals surface area contributed by atoms with E-state index in [0.717, 1.165) is 112 Å². The van der Waals surface area contributed by atoms with E-state index < -0.39 is 23.8 Å². The summed E-state index contributed by atoms with van der Waals surface area (Å²) in [7, 11) is 0. The summed E-state index contributed by atoms with van der Waals surface area (Å²) in [6.45, 7) is 26.4. The number of hydrogen-bond acceptors (Lipinski definition) is 22. The summed E-state index contributed by atoms with van der Waals surface area (Å²) in [5.74, 6) is -0.589. The minimum Gasteiger partial charge on any atom is -0.394 e. The zero-order valence-corrected chi connectivity index (χ0v) is 60.7. The number of Topliss-reactive ketones (excluding diaryl/α,β-unsaturated/α-hetero) is 2. The van der Waals surface area contributed by atoms with Crippen LogP contribution in [0.3, 0.4) is 0 Å². The standard InChI is InChI=1S/C40H59NO10.C40H58O11/c2*1-19-11-25-5-7-29-20(2)12-27(44-29)9-10-40-17-34-36(50-40)37-38(49-34)39(51-40)35-30(48-37)8-6-26(46-35)13-23(42)14-28-22(4)31(15-24(43)18-41)47-33(28)16-32(45-25)21(19)3/h19,22,24-39,43H,2-3,5-18,41H2,1,4H3;19,22,24-39,41,43H,2-3,5-18H2,1,4H3/t2*19-,22-,24+,25+,26?,27+,28-,29?,30?,31-,32?,33+,34+,35+,36?,37+,38-,39+,40+/m11/s1. The molecule has 0 saturated carbocycles. The van der Waals surface area contributed by atoms with E-state index in [2.05, 4.69) is 54.0 Å². The molecule has 0 amide bonds. The van der Waals surface area contributed by atoms with Crippen LogP contribution < -0.4 is 5.73 Å². The molecule has 20 aliphatic heterocycles. The first kappa shape index (κ1) is 72.4. The molecule has 0 aromatic carbocycles. The third-order valence-electron chi connectivity index (χ3n) is 28.3. The molecule has 0 aromatic rings. The van der Waals surface area contributed by atoms with E-state index in [1.807, 2.05) is 0 Å². The van der Waals surface area contributed by atoms with E-state index in [9.17, 15) is 24.9 Å². The van der Waals surface area contributed by atoms with Crippen molar-refractivity contribution in [3.63, 3.8) is 0 Å². The van der Waals surface area contributed by atoms with Crippen LogP contribution in [0.2, 0.25) is 0 Å². The maximum atomic E-state index is 14.0. The van der Waals surface area contributed by atoms with Gasteiger partial charge in [-0.25, -0.2) is 0 Å². The molecule has 102 heavy (non-hydrogen) atoms. The van der Waals surface area contributed by atoms with Crippen molar-refractivity contribution in [3.05, 3.63) is 48.6 Å². The Balaban J connectivity index is 0.000000152. The molecule has 568 valence electrons. The van der Waals surface area contributed by atoms with Gasteiger partial charge in [0.1, 0.15) is 72.6 Å². The second-order valence-electron chi connectivity index (χ2n) is 35.1. The number of aliphatic hydroxyl groups excluding tert-OH is 3. The third kappa shape index (κ3) is 13.9. The number of rotatable bonds is 6. The average Bonchev–Trinajstić information content (AvgIpc) is 1.54. The predicted octanol–water partition coefficient (Wildman–Crippen LogP) is 8.15. The highest BCUT2D eigenvalue weighted by Crippen LogP contribution is 2.57. The summed E-state index contributed by atoms with van der Waals surface area (Å²) < 4.78 is 108. The number of carbonyl (C=O) groups is 2. The highest BCUT2D eigenvalue weighted by atomic mass is 16.8. The van der Waals surface area contributed by atoms with Crippen LogP contribution in [0, 0.1) is 35.5 Å². The second kappa shape index (κ2) is 29.1. The molecule has 24 bridgehead atoms. The minimum atomic E-state index is -0.872. The molecule has 5 N–H and O–H groups in total. The zero-order valence-electron chi connectivity index (χ0n) is 60.7. The molecule has 20 aliphatic rings. The fraction of sp³-hybridized carbons (Fsp3) is 0.875. The van der Waals surface area contributed by atoms with Crippen molar-refractivity contribution in [3.8, 4) is 0 Å². The number of hydrogen-bond donors (Lipinski definition) is 4. The Hall–Kier alpha value is -2.50. The maximum absolute atomic E-state index is 14.0. The lowest BCUT2D eigenvalue weighted by Crippen LogP contribution is -2.61. The van der Waals surface area contributed by atoms with Crippen molar-refractivity contribution in [2.75, 3.05) is 13.2 Å². The third-order valence-corrected chi connectivity index (χ3v) is 28.3. The lowest BCUT2D eigenvalue weighted by molar-refractivity contribution is -0.292. The molecule has 38 atom stereocenters. The first-order valence-electron chi connectivity index (χ1n) is 40.1. The van der Waals surface area contributed by atoms with Gasteiger partial charge in [0.25, 0.3) is 0 Å². The fourth-order valence-electron chi connectivity index (χ4n) is 22.5. The van der Waals surface area contributed by atoms with Gasteiger partial charge < -0.3 is 96.8 Å². The van der Waals surface area contributed by atoms with E-state index in [-0.39, 0.29) is 219 Å². The SMILES string of the molecule is C=C1C[C@@H]2CC[C@@]34C[C@@H]5O[C@H]6[C@@H](O3)[C@H]3OC(CCC3O[C@H]6C5O4)CC(=O)C[C@@H]3[C@@H](C)[C@@H](C[C@H](O)CN)O[C@H]3CC3O[C@@H](CCC1O2)C[C@@H](C)C3=C.C=C1C[C@@H]2CC[C@@]34C[C@@H]5O[C@H]6[C@@H](O3)[C@H]3OC(CCC3O[C@H]6C5O4)CC(=O)C[C@@H]3[C@@H](C)[C@@H](C[C@H](O)CO)O[C@H]3CC3O[C@@H](CCC1O2)C[C@@H](C)C3=C. The smallest absolute Gasteiger partial charge is 0.172 e. The largest absolute Gasteiger partial charge is 0.394 e. The number of nitrogens with two attached hydrogens (primary N) is 1. The van der Waals surface area contributed by atoms with Crippen LogP contribution in [-0.4, -0.2) is 235 Å². The molecule has 0 aromatic heterocycles. The van der Waals surface area contributed by atoms with E-state index in [4.69, 9.17) is 81.5 Å².